The average molecular weight is 260 g/mol. The first kappa shape index (κ1) is 12.7. The first-order valence-corrected chi connectivity index (χ1v) is 5.54. The smallest absolute Gasteiger partial charge is 0.341 e. The van der Waals surface area contributed by atoms with Crippen LogP contribution in [-0.4, -0.2) is 28.6 Å². The third-order valence-corrected chi connectivity index (χ3v) is 2.30. The molecule has 6 heteroatoms. The molecule has 2 rings (SSSR count). The molecule has 0 aliphatic carbocycles. The van der Waals surface area contributed by atoms with Crippen molar-refractivity contribution >= 4 is 17.6 Å². The molecular weight excluding hydrogens is 248 g/mol. The second-order valence-corrected chi connectivity index (χ2v) is 3.75. The van der Waals surface area contributed by atoms with E-state index in [4.69, 9.17) is 9.84 Å². The largest absolute Gasteiger partial charge is 0.482 e. The summed E-state index contributed by atoms with van der Waals surface area (Å²) in [6, 6.07) is 9.91. The van der Waals surface area contributed by atoms with Crippen LogP contribution in [0.4, 0.5) is 5.69 Å². The summed E-state index contributed by atoms with van der Waals surface area (Å²) in [7, 11) is 0. The molecule has 0 aliphatic rings. The highest BCUT2D eigenvalue weighted by Gasteiger charge is 2.07. The Hall–Kier alpha value is -2.76. The van der Waals surface area contributed by atoms with Crippen molar-refractivity contribution < 1.29 is 19.4 Å². The van der Waals surface area contributed by atoms with Gasteiger partial charge in [0.15, 0.2) is 6.61 Å². The molecule has 98 valence electrons. The highest BCUT2D eigenvalue weighted by molar-refractivity contribution is 6.02. The molecule has 0 aliphatic heterocycles. The number of hydrogen-bond donors (Lipinski definition) is 3. The molecular formula is C13H12N2O4. The third kappa shape index (κ3) is 3.60. The molecule has 2 aromatic rings. The summed E-state index contributed by atoms with van der Waals surface area (Å²) in [4.78, 5) is 25.0. The summed E-state index contributed by atoms with van der Waals surface area (Å²) in [6.07, 6.45) is 1.65. The van der Waals surface area contributed by atoms with E-state index in [9.17, 15) is 9.59 Å². The van der Waals surface area contributed by atoms with Gasteiger partial charge < -0.3 is 20.1 Å². The fraction of sp³-hybridized carbons (Fsp3) is 0.0769. The van der Waals surface area contributed by atoms with E-state index in [1.165, 1.54) is 0 Å². The Balaban J connectivity index is 2.02. The Morgan fingerprint density at radius 1 is 1.26 bits per heavy atom. The fourth-order valence-corrected chi connectivity index (χ4v) is 1.48. The Kier molecular flexibility index (Phi) is 3.82. The van der Waals surface area contributed by atoms with Crippen molar-refractivity contribution in [3.63, 3.8) is 0 Å². The van der Waals surface area contributed by atoms with Gasteiger partial charge >= 0.3 is 5.97 Å². The van der Waals surface area contributed by atoms with E-state index in [0.29, 0.717) is 17.1 Å². The van der Waals surface area contributed by atoms with Crippen molar-refractivity contribution in [1.82, 2.24) is 4.98 Å². The molecule has 0 atom stereocenters. The molecule has 0 radical (unpaired) electrons. The van der Waals surface area contributed by atoms with Gasteiger partial charge in [-0.05, 0) is 24.3 Å². The monoisotopic (exact) mass is 260 g/mol. The lowest BCUT2D eigenvalue weighted by atomic mass is 10.3. The standard InChI is InChI=1S/C13H12N2O4/c16-12(17)8-19-10-4-1-3-9(7-10)15-13(18)11-5-2-6-14-11/h1-7,14H,8H2,(H,15,18)(H,16,17). The van der Waals surface area contributed by atoms with Crippen LogP contribution >= 0.6 is 0 Å². The zero-order chi connectivity index (χ0) is 13.7. The molecule has 19 heavy (non-hydrogen) atoms. The molecule has 1 aromatic carbocycles. The van der Waals surface area contributed by atoms with Crippen LogP contribution in [-0.2, 0) is 4.79 Å². The number of aromatic amines is 1. The summed E-state index contributed by atoms with van der Waals surface area (Å²) in [5.41, 5.74) is 0.972. The van der Waals surface area contributed by atoms with Crippen molar-refractivity contribution in [2.75, 3.05) is 11.9 Å². The van der Waals surface area contributed by atoms with E-state index in [-0.39, 0.29) is 5.91 Å². The topological polar surface area (TPSA) is 91.4 Å². The Morgan fingerprint density at radius 2 is 2.11 bits per heavy atom. The van der Waals surface area contributed by atoms with Gasteiger partial charge in [-0.1, -0.05) is 6.07 Å². The van der Waals surface area contributed by atoms with Gasteiger partial charge in [0.05, 0.1) is 0 Å². The van der Waals surface area contributed by atoms with Crippen LogP contribution in [0.2, 0.25) is 0 Å². The second-order valence-electron chi connectivity index (χ2n) is 3.75. The Labute approximate surface area is 109 Å². The van der Waals surface area contributed by atoms with E-state index >= 15 is 0 Å². The lowest BCUT2D eigenvalue weighted by Gasteiger charge is -2.07. The summed E-state index contributed by atoms with van der Waals surface area (Å²) in [5, 5.41) is 11.2. The quantitative estimate of drug-likeness (QED) is 0.763. The molecule has 1 amide bonds. The predicted octanol–water partition coefficient (Wildman–Crippen LogP) is 1.73. The number of nitrogens with one attached hydrogen (secondary N) is 2. The van der Waals surface area contributed by atoms with E-state index in [0.717, 1.165) is 0 Å². The lowest BCUT2D eigenvalue weighted by molar-refractivity contribution is -0.139. The molecule has 0 bridgehead atoms. The number of amides is 1. The number of carboxylic acid groups (broad SMARTS) is 1. The van der Waals surface area contributed by atoms with Crippen LogP contribution < -0.4 is 10.1 Å². The average Bonchev–Trinajstić information content (AvgIpc) is 2.91. The molecule has 3 N–H and O–H groups in total. The molecule has 1 heterocycles. The molecule has 6 nitrogen and oxygen atoms in total. The summed E-state index contributed by atoms with van der Waals surface area (Å²) in [6.45, 7) is -0.423. The van der Waals surface area contributed by atoms with Crippen LogP contribution in [0, 0.1) is 0 Å². The molecule has 0 saturated heterocycles. The van der Waals surface area contributed by atoms with Crippen LogP contribution in [0.25, 0.3) is 0 Å². The maximum absolute atomic E-state index is 11.8. The van der Waals surface area contributed by atoms with E-state index in [1.807, 2.05) is 0 Å². The van der Waals surface area contributed by atoms with Crippen LogP contribution in [0.5, 0.6) is 5.75 Å². The Morgan fingerprint density at radius 3 is 2.79 bits per heavy atom. The minimum Gasteiger partial charge on any atom is -0.482 e. The van der Waals surface area contributed by atoms with Crippen molar-refractivity contribution in [1.29, 1.82) is 0 Å². The van der Waals surface area contributed by atoms with Crippen LogP contribution in [0.15, 0.2) is 42.6 Å². The number of rotatable bonds is 5. The lowest BCUT2D eigenvalue weighted by Crippen LogP contribution is -2.13. The number of carboxylic acids is 1. The normalized spacial score (nSPS) is 9.89. The van der Waals surface area contributed by atoms with E-state index < -0.39 is 12.6 Å². The van der Waals surface area contributed by atoms with Crippen molar-refractivity contribution in [2.24, 2.45) is 0 Å². The van der Waals surface area contributed by atoms with Gasteiger partial charge in [0, 0.05) is 18.0 Å². The molecule has 0 unspecified atom stereocenters. The summed E-state index contributed by atoms with van der Waals surface area (Å²) in [5.74, 6) is -0.951. The SMILES string of the molecule is O=C(O)COc1cccc(NC(=O)c2ccc[nH]2)c1. The van der Waals surface area contributed by atoms with Gasteiger partial charge in [-0.15, -0.1) is 0 Å². The predicted molar refractivity (Wildman–Crippen MR) is 68.3 cm³/mol. The van der Waals surface area contributed by atoms with Crippen molar-refractivity contribution in [2.45, 2.75) is 0 Å². The summed E-state index contributed by atoms with van der Waals surface area (Å²) >= 11 is 0. The van der Waals surface area contributed by atoms with E-state index in [1.54, 1.807) is 42.6 Å². The maximum Gasteiger partial charge on any atom is 0.341 e. The zero-order valence-corrected chi connectivity index (χ0v) is 9.92. The molecule has 0 spiro atoms. The van der Waals surface area contributed by atoms with Gasteiger partial charge in [-0.3, -0.25) is 4.79 Å². The number of aromatic nitrogens is 1. The van der Waals surface area contributed by atoms with Gasteiger partial charge in [0.2, 0.25) is 0 Å². The van der Waals surface area contributed by atoms with Crippen molar-refractivity contribution in [3.05, 3.63) is 48.3 Å². The second kappa shape index (κ2) is 5.72. The van der Waals surface area contributed by atoms with Crippen LogP contribution in [0.3, 0.4) is 0 Å². The van der Waals surface area contributed by atoms with Gasteiger partial charge in [0.1, 0.15) is 11.4 Å². The summed E-state index contributed by atoms with van der Waals surface area (Å²) < 4.78 is 5.02. The number of ether oxygens (including phenoxy) is 1. The molecule has 1 aromatic heterocycles. The number of aliphatic carboxylic acids is 1. The van der Waals surface area contributed by atoms with E-state index in [2.05, 4.69) is 10.3 Å². The van der Waals surface area contributed by atoms with Crippen molar-refractivity contribution in [3.8, 4) is 5.75 Å². The number of hydrogen-bond acceptors (Lipinski definition) is 3. The zero-order valence-electron chi connectivity index (χ0n) is 9.92. The highest BCUT2D eigenvalue weighted by atomic mass is 16.5. The minimum atomic E-state index is -1.05. The first-order chi connectivity index (χ1) is 9.15. The van der Waals surface area contributed by atoms with Crippen LogP contribution in [0.1, 0.15) is 10.5 Å². The number of benzene rings is 1. The highest BCUT2D eigenvalue weighted by Crippen LogP contribution is 2.17. The number of carbonyl (C=O) groups excluding carboxylic acids is 1. The van der Waals surface area contributed by atoms with Gasteiger partial charge in [-0.2, -0.15) is 0 Å². The molecule has 0 fully saturated rings. The molecule has 0 saturated carbocycles. The first-order valence-electron chi connectivity index (χ1n) is 5.54. The minimum absolute atomic E-state index is 0.277. The number of anilines is 1. The van der Waals surface area contributed by atoms with Gasteiger partial charge in [-0.25, -0.2) is 4.79 Å². The maximum atomic E-state index is 11.8. The number of carbonyl (C=O) groups is 2. The number of H-pyrrole nitrogens is 1. The Bertz CT molecular complexity index is 578. The van der Waals surface area contributed by atoms with Gasteiger partial charge in [0.25, 0.3) is 5.91 Å². The third-order valence-electron chi connectivity index (χ3n) is 2.30. The fourth-order valence-electron chi connectivity index (χ4n) is 1.48.